The van der Waals surface area contributed by atoms with Crippen LogP contribution in [0.4, 0.5) is 10.5 Å². The molecule has 0 bridgehead atoms. The molecule has 0 aliphatic rings. The van der Waals surface area contributed by atoms with Gasteiger partial charge in [-0.3, -0.25) is 14.9 Å². The van der Waals surface area contributed by atoms with Crippen molar-refractivity contribution in [3.8, 4) is 16.8 Å². The Hall–Kier alpha value is -4.31. The number of nitrogens with zero attached hydrogens (tertiary/aromatic N) is 3. The number of aromatic amines is 1. The highest BCUT2D eigenvalue weighted by Crippen LogP contribution is 2.25. The molecule has 0 aliphatic heterocycles. The number of carbonyl (C=O) groups is 1. The third-order valence-corrected chi connectivity index (χ3v) is 5.54. The summed E-state index contributed by atoms with van der Waals surface area (Å²) in [6.07, 6.45) is -1.19. The van der Waals surface area contributed by atoms with Gasteiger partial charge in [-0.1, -0.05) is 12.1 Å². The lowest BCUT2D eigenvalue weighted by Gasteiger charge is -2.11. The zero-order chi connectivity index (χ0) is 21.5. The number of amides is 1. The predicted octanol–water partition coefficient (Wildman–Crippen LogP) is 3.44. The third kappa shape index (κ3) is 3.34. The summed E-state index contributed by atoms with van der Waals surface area (Å²) in [6, 6.07) is 14.6. The normalized spacial score (nSPS) is 11.1. The summed E-state index contributed by atoms with van der Waals surface area (Å²) in [4.78, 5) is 43.2. The van der Waals surface area contributed by atoms with Crippen molar-refractivity contribution in [2.45, 2.75) is 0 Å². The van der Waals surface area contributed by atoms with Crippen LogP contribution in [0.1, 0.15) is 0 Å². The lowest BCUT2D eigenvalue weighted by atomic mass is 10.1. The fourth-order valence-corrected chi connectivity index (χ4v) is 4.08. The standard InChI is InChI=1S/C21H13N5O4S/c27-17-8-7-15-19(24-17)18(11-1-3-12(4-2-11)23-21(29)30)20(28)26(25-15)13-5-6-14-16(9-13)31-10-22-14/h1-10,23H,(H,24,27)(H,29,30). The summed E-state index contributed by atoms with van der Waals surface area (Å²) in [7, 11) is 0. The fraction of sp³-hybridized carbons (Fsp3) is 0. The summed E-state index contributed by atoms with van der Waals surface area (Å²) in [5.74, 6) is 0. The largest absolute Gasteiger partial charge is 0.465 e. The number of pyridine rings is 1. The van der Waals surface area contributed by atoms with E-state index in [4.69, 9.17) is 5.11 Å². The Morgan fingerprint density at radius 3 is 2.58 bits per heavy atom. The molecule has 9 nitrogen and oxygen atoms in total. The van der Waals surface area contributed by atoms with Crippen molar-refractivity contribution in [1.82, 2.24) is 19.7 Å². The van der Waals surface area contributed by atoms with E-state index in [0.717, 1.165) is 10.2 Å². The van der Waals surface area contributed by atoms with Crippen LogP contribution in [0.25, 0.3) is 38.1 Å². The summed E-state index contributed by atoms with van der Waals surface area (Å²) < 4.78 is 2.21. The number of hydrogen-bond donors (Lipinski definition) is 3. The molecule has 5 aromatic rings. The molecule has 31 heavy (non-hydrogen) atoms. The van der Waals surface area contributed by atoms with E-state index >= 15 is 0 Å². The Balaban J connectivity index is 1.77. The number of rotatable bonds is 3. The first-order valence-electron chi connectivity index (χ1n) is 9.10. The highest BCUT2D eigenvalue weighted by atomic mass is 32.1. The molecule has 3 N–H and O–H groups in total. The van der Waals surface area contributed by atoms with E-state index in [2.05, 4.69) is 20.4 Å². The molecule has 0 saturated heterocycles. The summed E-state index contributed by atoms with van der Waals surface area (Å²) in [5, 5.41) is 15.6. The average Bonchev–Trinajstić information content (AvgIpc) is 3.22. The lowest BCUT2D eigenvalue weighted by Crippen LogP contribution is -2.24. The van der Waals surface area contributed by atoms with Crippen LogP contribution in [0.2, 0.25) is 0 Å². The van der Waals surface area contributed by atoms with E-state index in [-0.39, 0.29) is 11.1 Å². The molecule has 5 rings (SSSR count). The number of nitrogens with one attached hydrogen (secondary N) is 2. The SMILES string of the molecule is O=C(O)Nc1ccc(-c2c(=O)n(-c3ccc4ncsc4c3)nc3ccc(=O)[nH]c23)cc1. The molecule has 3 aromatic heterocycles. The first-order chi connectivity index (χ1) is 15.0. The highest BCUT2D eigenvalue weighted by Gasteiger charge is 2.16. The minimum atomic E-state index is -1.19. The highest BCUT2D eigenvalue weighted by molar-refractivity contribution is 7.16. The van der Waals surface area contributed by atoms with Crippen molar-refractivity contribution >= 4 is 44.4 Å². The first kappa shape index (κ1) is 18.7. The van der Waals surface area contributed by atoms with E-state index in [0.29, 0.717) is 28.0 Å². The summed E-state index contributed by atoms with van der Waals surface area (Å²) in [6.45, 7) is 0. The van der Waals surface area contributed by atoms with E-state index in [1.165, 1.54) is 22.1 Å². The van der Waals surface area contributed by atoms with E-state index < -0.39 is 11.7 Å². The smallest absolute Gasteiger partial charge is 0.409 e. The van der Waals surface area contributed by atoms with Gasteiger partial charge >= 0.3 is 6.09 Å². The van der Waals surface area contributed by atoms with Crippen LogP contribution < -0.4 is 16.4 Å². The number of aromatic nitrogens is 4. The van der Waals surface area contributed by atoms with Crippen molar-refractivity contribution in [3.05, 3.63) is 80.8 Å². The summed E-state index contributed by atoms with van der Waals surface area (Å²) in [5.41, 5.74) is 4.23. The quantitative estimate of drug-likeness (QED) is 0.401. The fourth-order valence-electron chi connectivity index (χ4n) is 3.37. The number of fused-ring (bicyclic) bond motifs is 2. The van der Waals surface area contributed by atoms with Crippen LogP contribution in [0.3, 0.4) is 0 Å². The van der Waals surface area contributed by atoms with Gasteiger partial charge in [-0.2, -0.15) is 9.78 Å². The van der Waals surface area contributed by atoms with Crippen molar-refractivity contribution in [2.24, 2.45) is 0 Å². The van der Waals surface area contributed by atoms with Gasteiger partial charge in [0.25, 0.3) is 5.56 Å². The molecule has 0 saturated carbocycles. The van der Waals surface area contributed by atoms with Gasteiger partial charge < -0.3 is 10.1 Å². The van der Waals surface area contributed by atoms with Crippen LogP contribution >= 0.6 is 11.3 Å². The maximum atomic E-state index is 13.5. The molecule has 0 aliphatic carbocycles. The van der Waals surface area contributed by atoms with E-state index in [9.17, 15) is 14.4 Å². The molecule has 0 radical (unpaired) electrons. The number of carboxylic acid groups (broad SMARTS) is 1. The molecule has 152 valence electrons. The maximum absolute atomic E-state index is 13.5. The van der Waals surface area contributed by atoms with Crippen LogP contribution in [0, 0.1) is 0 Å². The van der Waals surface area contributed by atoms with Gasteiger partial charge in [-0.25, -0.2) is 9.78 Å². The van der Waals surface area contributed by atoms with Gasteiger partial charge in [0.05, 0.1) is 32.5 Å². The van der Waals surface area contributed by atoms with E-state index in [1.807, 2.05) is 12.1 Å². The van der Waals surface area contributed by atoms with Crippen LogP contribution in [-0.4, -0.2) is 30.9 Å². The maximum Gasteiger partial charge on any atom is 0.409 e. The number of hydrogen-bond acceptors (Lipinski definition) is 6. The summed E-state index contributed by atoms with van der Waals surface area (Å²) >= 11 is 1.46. The minimum Gasteiger partial charge on any atom is -0.465 e. The van der Waals surface area contributed by atoms with Gasteiger partial charge in [0, 0.05) is 11.8 Å². The van der Waals surface area contributed by atoms with Gasteiger partial charge in [-0.05, 0) is 42.0 Å². The van der Waals surface area contributed by atoms with Gasteiger partial charge in [0.2, 0.25) is 5.56 Å². The van der Waals surface area contributed by atoms with Gasteiger partial charge in [-0.15, -0.1) is 11.3 Å². The zero-order valence-electron chi connectivity index (χ0n) is 15.7. The molecule has 0 atom stereocenters. The zero-order valence-corrected chi connectivity index (χ0v) is 16.5. The number of thiazole rings is 1. The van der Waals surface area contributed by atoms with Crippen LogP contribution in [0.15, 0.2) is 69.7 Å². The second-order valence-electron chi connectivity index (χ2n) is 6.69. The third-order valence-electron chi connectivity index (χ3n) is 4.75. The Kier molecular flexibility index (Phi) is 4.33. The monoisotopic (exact) mass is 431 g/mol. The minimum absolute atomic E-state index is 0.258. The Bertz CT molecular complexity index is 1580. The second kappa shape index (κ2) is 7.18. The molecule has 0 spiro atoms. The van der Waals surface area contributed by atoms with Crippen molar-refractivity contribution < 1.29 is 9.90 Å². The molecule has 10 heteroatoms. The lowest BCUT2D eigenvalue weighted by molar-refractivity contribution is 0.210. The molecule has 0 unspecified atom stereocenters. The average molecular weight is 431 g/mol. The van der Waals surface area contributed by atoms with Crippen molar-refractivity contribution in [1.29, 1.82) is 0 Å². The van der Waals surface area contributed by atoms with Crippen LogP contribution in [0.5, 0.6) is 0 Å². The molecule has 3 heterocycles. The number of anilines is 1. The topological polar surface area (TPSA) is 130 Å². The molecule has 0 fully saturated rings. The predicted molar refractivity (Wildman–Crippen MR) is 118 cm³/mol. The van der Waals surface area contributed by atoms with E-state index in [1.54, 1.807) is 41.9 Å². The van der Waals surface area contributed by atoms with Crippen molar-refractivity contribution in [2.75, 3.05) is 5.32 Å². The van der Waals surface area contributed by atoms with Gasteiger partial charge in [0.1, 0.15) is 5.52 Å². The molecule has 2 aromatic carbocycles. The number of benzene rings is 2. The second-order valence-corrected chi connectivity index (χ2v) is 7.57. The van der Waals surface area contributed by atoms with Gasteiger partial charge in [0.15, 0.2) is 0 Å². The van der Waals surface area contributed by atoms with Crippen LogP contribution in [-0.2, 0) is 0 Å². The number of H-pyrrole nitrogens is 1. The molecular formula is C21H13N5O4S. The molecule has 1 amide bonds. The first-order valence-corrected chi connectivity index (χ1v) is 9.98. The molecular weight excluding hydrogens is 418 g/mol. The van der Waals surface area contributed by atoms with Crippen molar-refractivity contribution in [3.63, 3.8) is 0 Å². The Morgan fingerprint density at radius 1 is 1.03 bits per heavy atom. The Morgan fingerprint density at radius 2 is 1.81 bits per heavy atom. The Labute approximate surface area is 177 Å².